The van der Waals surface area contributed by atoms with E-state index in [0.717, 1.165) is 61.3 Å². The van der Waals surface area contributed by atoms with Crippen LogP contribution >= 0.6 is 11.3 Å². The number of hydrogen-bond acceptors (Lipinski definition) is 6. The highest BCUT2D eigenvalue weighted by Crippen LogP contribution is 2.37. The van der Waals surface area contributed by atoms with E-state index in [2.05, 4.69) is 71.1 Å². The molecule has 1 aliphatic rings. The zero-order valence-corrected chi connectivity index (χ0v) is 18.5. The standard InChI is InChI=1S/C25H26N4OS/c1-18-7-9-19(10-8-18)15-26-24-23-21(20-5-3-2-4-6-20)17-31-25(23)28-22(27-24)16-29-11-13-30-14-12-29/h2-10,17H,11-16H2,1H3,(H,26,27,28). The molecule has 6 heteroatoms. The van der Waals surface area contributed by atoms with Crippen molar-refractivity contribution in [3.8, 4) is 11.1 Å². The molecule has 0 amide bonds. The summed E-state index contributed by atoms with van der Waals surface area (Å²) in [6, 6.07) is 19.1. The largest absolute Gasteiger partial charge is 0.379 e. The molecule has 0 spiro atoms. The maximum Gasteiger partial charge on any atom is 0.146 e. The van der Waals surface area contributed by atoms with Gasteiger partial charge in [-0.05, 0) is 18.1 Å². The number of anilines is 1. The lowest BCUT2D eigenvalue weighted by Gasteiger charge is -2.25. The summed E-state index contributed by atoms with van der Waals surface area (Å²) in [5.41, 5.74) is 4.88. The van der Waals surface area contributed by atoms with Gasteiger partial charge in [-0.1, -0.05) is 60.2 Å². The molecule has 0 unspecified atom stereocenters. The minimum atomic E-state index is 0.730. The van der Waals surface area contributed by atoms with E-state index >= 15 is 0 Å². The van der Waals surface area contributed by atoms with Gasteiger partial charge in [-0.2, -0.15) is 0 Å². The Morgan fingerprint density at radius 3 is 2.55 bits per heavy atom. The summed E-state index contributed by atoms with van der Waals surface area (Å²) in [6.45, 7) is 6.99. The Hall–Kier alpha value is -2.80. The minimum absolute atomic E-state index is 0.730. The number of nitrogens with zero attached hydrogens (tertiary/aromatic N) is 3. The molecule has 5 rings (SSSR count). The van der Waals surface area contributed by atoms with Crippen LogP contribution in [0.3, 0.4) is 0 Å². The van der Waals surface area contributed by atoms with E-state index in [1.165, 1.54) is 22.3 Å². The molecule has 0 bridgehead atoms. The fourth-order valence-electron chi connectivity index (χ4n) is 3.87. The zero-order chi connectivity index (χ0) is 21.0. The molecule has 0 aliphatic carbocycles. The fourth-order valence-corrected chi connectivity index (χ4v) is 4.83. The second-order valence-corrected chi connectivity index (χ2v) is 8.77. The van der Waals surface area contributed by atoms with Crippen LogP contribution in [0.1, 0.15) is 17.0 Å². The van der Waals surface area contributed by atoms with Crippen molar-refractivity contribution in [2.24, 2.45) is 0 Å². The van der Waals surface area contributed by atoms with Crippen LogP contribution in [0, 0.1) is 6.92 Å². The molecule has 1 aliphatic heterocycles. The number of benzene rings is 2. The van der Waals surface area contributed by atoms with Crippen LogP contribution in [0.5, 0.6) is 0 Å². The second kappa shape index (κ2) is 9.14. The van der Waals surface area contributed by atoms with Crippen molar-refractivity contribution in [1.82, 2.24) is 14.9 Å². The van der Waals surface area contributed by atoms with Gasteiger partial charge in [0.15, 0.2) is 0 Å². The van der Waals surface area contributed by atoms with Crippen LogP contribution in [0.15, 0.2) is 60.0 Å². The van der Waals surface area contributed by atoms with E-state index in [9.17, 15) is 0 Å². The number of aryl methyl sites for hydroxylation is 1. The molecule has 0 saturated carbocycles. The van der Waals surface area contributed by atoms with E-state index < -0.39 is 0 Å². The summed E-state index contributed by atoms with van der Waals surface area (Å²) in [6.07, 6.45) is 0. The molecule has 1 N–H and O–H groups in total. The van der Waals surface area contributed by atoms with Crippen molar-refractivity contribution in [2.75, 3.05) is 31.6 Å². The molecule has 3 heterocycles. The SMILES string of the molecule is Cc1ccc(CNc2nc(CN3CCOCC3)nc3scc(-c4ccccc4)c23)cc1. The lowest BCUT2D eigenvalue weighted by atomic mass is 10.1. The number of rotatable bonds is 6. The molecular weight excluding hydrogens is 404 g/mol. The van der Waals surface area contributed by atoms with Crippen molar-refractivity contribution in [1.29, 1.82) is 0 Å². The quantitative estimate of drug-likeness (QED) is 0.461. The number of thiophene rings is 1. The Labute approximate surface area is 186 Å². The average molecular weight is 431 g/mol. The van der Waals surface area contributed by atoms with Gasteiger partial charge in [0.2, 0.25) is 0 Å². The van der Waals surface area contributed by atoms with Crippen LogP contribution in [-0.4, -0.2) is 41.2 Å². The van der Waals surface area contributed by atoms with E-state index in [1.54, 1.807) is 11.3 Å². The molecule has 0 radical (unpaired) electrons. The third kappa shape index (κ3) is 4.61. The molecule has 0 atom stereocenters. The summed E-state index contributed by atoms with van der Waals surface area (Å²) >= 11 is 1.69. The van der Waals surface area contributed by atoms with Gasteiger partial charge in [0.1, 0.15) is 16.5 Å². The van der Waals surface area contributed by atoms with Crippen LogP contribution in [0.4, 0.5) is 5.82 Å². The maximum absolute atomic E-state index is 5.49. The van der Waals surface area contributed by atoms with Crippen LogP contribution in [0.25, 0.3) is 21.3 Å². The molecule has 2 aromatic heterocycles. The number of hydrogen-bond donors (Lipinski definition) is 1. The van der Waals surface area contributed by atoms with E-state index in [-0.39, 0.29) is 0 Å². The Morgan fingerprint density at radius 2 is 1.77 bits per heavy atom. The first-order chi connectivity index (χ1) is 15.3. The molecular formula is C25H26N4OS. The average Bonchev–Trinajstić information content (AvgIpc) is 3.24. The Bertz CT molecular complexity index is 1150. The number of ether oxygens (including phenoxy) is 1. The van der Waals surface area contributed by atoms with Gasteiger partial charge in [-0.3, -0.25) is 4.90 Å². The van der Waals surface area contributed by atoms with E-state index in [0.29, 0.717) is 0 Å². The topological polar surface area (TPSA) is 50.3 Å². The summed E-state index contributed by atoms with van der Waals surface area (Å²) in [5, 5.41) is 6.91. The Kier molecular flexibility index (Phi) is 5.93. The highest BCUT2D eigenvalue weighted by atomic mass is 32.1. The van der Waals surface area contributed by atoms with Crippen molar-refractivity contribution in [3.63, 3.8) is 0 Å². The van der Waals surface area contributed by atoms with Gasteiger partial charge >= 0.3 is 0 Å². The van der Waals surface area contributed by atoms with Gasteiger partial charge in [0, 0.05) is 30.6 Å². The molecule has 1 saturated heterocycles. The number of aromatic nitrogens is 2. The first-order valence-electron chi connectivity index (χ1n) is 10.7. The Balaban J connectivity index is 1.51. The number of morpholine rings is 1. The van der Waals surface area contributed by atoms with Crippen LogP contribution < -0.4 is 5.32 Å². The van der Waals surface area contributed by atoms with E-state index in [1.807, 2.05) is 6.07 Å². The fraction of sp³-hybridized carbons (Fsp3) is 0.280. The number of fused-ring (bicyclic) bond motifs is 1. The van der Waals surface area contributed by atoms with Gasteiger partial charge in [0.25, 0.3) is 0 Å². The molecule has 2 aromatic carbocycles. The number of nitrogens with one attached hydrogen (secondary N) is 1. The highest BCUT2D eigenvalue weighted by Gasteiger charge is 2.18. The van der Waals surface area contributed by atoms with Gasteiger partial charge in [-0.25, -0.2) is 9.97 Å². The molecule has 4 aromatic rings. The third-order valence-electron chi connectivity index (χ3n) is 5.61. The normalized spacial score (nSPS) is 14.7. The second-order valence-electron chi connectivity index (χ2n) is 7.91. The molecule has 31 heavy (non-hydrogen) atoms. The molecule has 158 valence electrons. The van der Waals surface area contributed by atoms with E-state index in [4.69, 9.17) is 14.7 Å². The lowest BCUT2D eigenvalue weighted by molar-refractivity contribution is 0.0331. The van der Waals surface area contributed by atoms with Crippen molar-refractivity contribution in [2.45, 2.75) is 20.0 Å². The monoisotopic (exact) mass is 430 g/mol. The summed E-state index contributed by atoms with van der Waals surface area (Å²) in [4.78, 5) is 13.3. The van der Waals surface area contributed by atoms with Crippen molar-refractivity contribution in [3.05, 3.63) is 76.9 Å². The van der Waals surface area contributed by atoms with Gasteiger partial charge in [-0.15, -0.1) is 11.3 Å². The minimum Gasteiger partial charge on any atom is -0.379 e. The molecule has 1 fully saturated rings. The summed E-state index contributed by atoms with van der Waals surface area (Å²) in [5.74, 6) is 1.77. The van der Waals surface area contributed by atoms with Gasteiger partial charge < -0.3 is 10.1 Å². The Morgan fingerprint density at radius 1 is 1.00 bits per heavy atom. The van der Waals surface area contributed by atoms with Crippen LogP contribution in [-0.2, 0) is 17.8 Å². The van der Waals surface area contributed by atoms with Crippen LogP contribution in [0.2, 0.25) is 0 Å². The van der Waals surface area contributed by atoms with Gasteiger partial charge in [0.05, 0.1) is 25.1 Å². The predicted octanol–water partition coefficient (Wildman–Crippen LogP) is 5.11. The highest BCUT2D eigenvalue weighted by molar-refractivity contribution is 7.17. The van der Waals surface area contributed by atoms with Crippen molar-refractivity contribution >= 4 is 27.4 Å². The predicted molar refractivity (Wildman–Crippen MR) is 127 cm³/mol. The summed E-state index contributed by atoms with van der Waals surface area (Å²) in [7, 11) is 0. The zero-order valence-electron chi connectivity index (χ0n) is 17.7. The molecule has 5 nitrogen and oxygen atoms in total. The lowest BCUT2D eigenvalue weighted by Crippen LogP contribution is -2.36. The first kappa shape index (κ1) is 20.1. The van der Waals surface area contributed by atoms with Crippen molar-refractivity contribution < 1.29 is 4.74 Å². The first-order valence-corrected chi connectivity index (χ1v) is 11.6. The third-order valence-corrected chi connectivity index (χ3v) is 6.49. The smallest absolute Gasteiger partial charge is 0.146 e. The maximum atomic E-state index is 5.49. The summed E-state index contributed by atoms with van der Waals surface area (Å²) < 4.78 is 5.49.